The molecule has 0 unspecified atom stereocenters. The Labute approximate surface area is 116 Å². The number of nitrogens with two attached hydrogens (primary N) is 2. The molecule has 2 aromatic rings. The van der Waals surface area contributed by atoms with Crippen LogP contribution in [0, 0.1) is 0 Å². The van der Waals surface area contributed by atoms with Gasteiger partial charge >= 0.3 is 0 Å². The van der Waals surface area contributed by atoms with E-state index in [1.165, 1.54) is 24.4 Å². The Morgan fingerprint density at radius 1 is 1.25 bits per heavy atom. The third kappa shape index (κ3) is 3.37. The van der Waals surface area contributed by atoms with Crippen molar-refractivity contribution in [3.05, 3.63) is 47.8 Å². The van der Waals surface area contributed by atoms with Crippen molar-refractivity contribution < 1.29 is 13.2 Å². The first-order chi connectivity index (χ1) is 9.36. The maximum absolute atomic E-state index is 11.7. The molecule has 6 N–H and O–H groups in total. The lowest BCUT2D eigenvalue weighted by Crippen LogP contribution is -2.23. The molecule has 1 amide bonds. The van der Waals surface area contributed by atoms with Gasteiger partial charge in [0.1, 0.15) is 5.69 Å². The van der Waals surface area contributed by atoms with E-state index in [-0.39, 0.29) is 17.3 Å². The number of sulfonamides is 1. The summed E-state index contributed by atoms with van der Waals surface area (Å²) in [6, 6.07) is 7.48. The zero-order chi connectivity index (χ0) is 14.8. The van der Waals surface area contributed by atoms with Gasteiger partial charge < -0.3 is 16.0 Å². The van der Waals surface area contributed by atoms with Gasteiger partial charge in [-0.3, -0.25) is 4.79 Å². The van der Waals surface area contributed by atoms with E-state index in [0.717, 1.165) is 5.56 Å². The Morgan fingerprint density at radius 3 is 2.40 bits per heavy atom. The zero-order valence-corrected chi connectivity index (χ0v) is 11.3. The van der Waals surface area contributed by atoms with Gasteiger partial charge in [0.15, 0.2) is 0 Å². The third-order valence-electron chi connectivity index (χ3n) is 2.65. The van der Waals surface area contributed by atoms with Crippen molar-refractivity contribution in [3.63, 3.8) is 0 Å². The van der Waals surface area contributed by atoms with Crippen LogP contribution in [0.15, 0.2) is 41.4 Å². The molecule has 1 aromatic heterocycles. The van der Waals surface area contributed by atoms with E-state index >= 15 is 0 Å². The monoisotopic (exact) mass is 294 g/mol. The van der Waals surface area contributed by atoms with E-state index in [1.54, 1.807) is 12.1 Å². The number of amides is 1. The second-order valence-corrected chi connectivity index (χ2v) is 5.78. The van der Waals surface area contributed by atoms with Crippen molar-refractivity contribution in [1.29, 1.82) is 0 Å². The van der Waals surface area contributed by atoms with E-state index < -0.39 is 10.0 Å². The maximum Gasteiger partial charge on any atom is 0.268 e. The SMILES string of the molecule is Nc1c[nH]c(C(=O)NCc2ccc(S(N)(=O)=O)cc2)c1. The second-order valence-electron chi connectivity index (χ2n) is 4.22. The number of hydrogen-bond acceptors (Lipinski definition) is 4. The highest BCUT2D eigenvalue weighted by Crippen LogP contribution is 2.09. The maximum atomic E-state index is 11.7. The number of aromatic nitrogens is 1. The predicted molar refractivity (Wildman–Crippen MR) is 74.2 cm³/mol. The van der Waals surface area contributed by atoms with Gasteiger partial charge in [0.25, 0.3) is 5.91 Å². The van der Waals surface area contributed by atoms with Crippen LogP contribution >= 0.6 is 0 Å². The van der Waals surface area contributed by atoms with Crippen LogP contribution in [0.5, 0.6) is 0 Å². The van der Waals surface area contributed by atoms with Crippen LogP contribution in [0.2, 0.25) is 0 Å². The summed E-state index contributed by atoms with van der Waals surface area (Å²) < 4.78 is 22.2. The number of primary sulfonamides is 1. The van der Waals surface area contributed by atoms with Crippen LogP contribution in [0.25, 0.3) is 0 Å². The second kappa shape index (κ2) is 5.35. The lowest BCUT2D eigenvalue weighted by atomic mass is 10.2. The van der Waals surface area contributed by atoms with Gasteiger partial charge in [-0.2, -0.15) is 0 Å². The summed E-state index contributed by atoms with van der Waals surface area (Å²) >= 11 is 0. The Morgan fingerprint density at radius 2 is 1.90 bits per heavy atom. The van der Waals surface area contributed by atoms with E-state index in [9.17, 15) is 13.2 Å². The van der Waals surface area contributed by atoms with Crippen LogP contribution in [-0.2, 0) is 16.6 Å². The van der Waals surface area contributed by atoms with Gasteiger partial charge in [-0.25, -0.2) is 13.6 Å². The normalized spacial score (nSPS) is 11.2. The topological polar surface area (TPSA) is 131 Å². The summed E-state index contributed by atoms with van der Waals surface area (Å²) in [5.41, 5.74) is 7.10. The van der Waals surface area contributed by atoms with Gasteiger partial charge in [-0.05, 0) is 23.8 Å². The Kier molecular flexibility index (Phi) is 3.77. The fourth-order valence-corrected chi connectivity index (χ4v) is 2.13. The number of carbonyl (C=O) groups excluding carboxylic acids is 1. The van der Waals surface area contributed by atoms with Gasteiger partial charge in [0.05, 0.1) is 4.90 Å². The summed E-state index contributed by atoms with van der Waals surface area (Å²) in [5, 5.41) is 7.67. The number of aromatic amines is 1. The smallest absolute Gasteiger partial charge is 0.268 e. The van der Waals surface area contributed by atoms with Crippen molar-refractivity contribution >= 4 is 21.6 Å². The Bertz CT molecular complexity index is 719. The quantitative estimate of drug-likeness (QED) is 0.640. The number of carbonyl (C=O) groups is 1. The first kappa shape index (κ1) is 14.1. The molecule has 0 saturated heterocycles. The fourth-order valence-electron chi connectivity index (χ4n) is 1.62. The Hall–Kier alpha value is -2.32. The molecule has 20 heavy (non-hydrogen) atoms. The number of benzene rings is 1. The minimum Gasteiger partial charge on any atom is -0.397 e. The molecular weight excluding hydrogens is 280 g/mol. The molecule has 106 valence electrons. The molecule has 1 heterocycles. The highest BCUT2D eigenvalue weighted by Gasteiger charge is 2.09. The number of anilines is 1. The standard InChI is InChI=1S/C12H14N4O3S/c13-9-5-11(15-7-9)12(17)16-6-8-1-3-10(4-2-8)20(14,18)19/h1-5,7,15H,6,13H2,(H,16,17)(H2,14,18,19). The number of nitrogens with one attached hydrogen (secondary N) is 2. The first-order valence-corrected chi connectivity index (χ1v) is 7.25. The molecule has 0 bridgehead atoms. The van der Waals surface area contributed by atoms with Crippen LogP contribution in [0.1, 0.15) is 16.1 Å². The van der Waals surface area contributed by atoms with Crippen molar-refractivity contribution in [2.75, 3.05) is 5.73 Å². The van der Waals surface area contributed by atoms with Crippen molar-refractivity contribution in [1.82, 2.24) is 10.3 Å². The van der Waals surface area contributed by atoms with E-state index in [1.807, 2.05) is 0 Å². The van der Waals surface area contributed by atoms with Gasteiger partial charge in [0, 0.05) is 18.4 Å². The summed E-state index contributed by atoms with van der Waals surface area (Å²) in [7, 11) is -3.70. The number of hydrogen-bond donors (Lipinski definition) is 4. The van der Waals surface area contributed by atoms with Crippen LogP contribution < -0.4 is 16.2 Å². The zero-order valence-electron chi connectivity index (χ0n) is 10.5. The summed E-state index contributed by atoms with van der Waals surface area (Å²) in [6.45, 7) is 0.267. The molecule has 1 aromatic carbocycles. The molecule has 0 atom stereocenters. The molecule has 0 radical (unpaired) electrons. The summed E-state index contributed by atoms with van der Waals surface area (Å²) in [5.74, 6) is -0.294. The predicted octanol–water partition coefficient (Wildman–Crippen LogP) is 0.174. The van der Waals surface area contributed by atoms with E-state index in [4.69, 9.17) is 10.9 Å². The van der Waals surface area contributed by atoms with Crippen molar-refractivity contribution in [3.8, 4) is 0 Å². The number of nitrogen functional groups attached to an aromatic ring is 1. The molecule has 0 aliphatic carbocycles. The largest absolute Gasteiger partial charge is 0.397 e. The molecule has 7 nitrogen and oxygen atoms in total. The van der Waals surface area contributed by atoms with Crippen LogP contribution in [-0.4, -0.2) is 19.3 Å². The molecule has 0 aliphatic heterocycles. The lowest BCUT2D eigenvalue weighted by Gasteiger charge is -2.05. The number of H-pyrrole nitrogens is 1. The van der Waals surface area contributed by atoms with E-state index in [0.29, 0.717) is 11.4 Å². The molecular formula is C12H14N4O3S. The van der Waals surface area contributed by atoms with Crippen LogP contribution in [0.4, 0.5) is 5.69 Å². The van der Waals surface area contributed by atoms with Crippen molar-refractivity contribution in [2.45, 2.75) is 11.4 Å². The van der Waals surface area contributed by atoms with Gasteiger partial charge in [-0.1, -0.05) is 12.1 Å². The molecule has 0 aliphatic rings. The molecule has 0 saturated carbocycles. The highest BCUT2D eigenvalue weighted by atomic mass is 32.2. The van der Waals surface area contributed by atoms with Crippen molar-refractivity contribution in [2.24, 2.45) is 5.14 Å². The summed E-state index contributed by atoms with van der Waals surface area (Å²) in [4.78, 5) is 14.5. The average molecular weight is 294 g/mol. The lowest BCUT2D eigenvalue weighted by molar-refractivity contribution is 0.0946. The molecule has 2 rings (SSSR count). The minimum atomic E-state index is -3.70. The third-order valence-corrected chi connectivity index (χ3v) is 3.58. The van der Waals surface area contributed by atoms with Gasteiger partial charge in [-0.15, -0.1) is 0 Å². The Balaban J connectivity index is 1.99. The highest BCUT2D eigenvalue weighted by molar-refractivity contribution is 7.89. The van der Waals surface area contributed by atoms with Crippen LogP contribution in [0.3, 0.4) is 0 Å². The molecule has 8 heteroatoms. The van der Waals surface area contributed by atoms with E-state index in [2.05, 4.69) is 10.3 Å². The average Bonchev–Trinajstić information content (AvgIpc) is 2.82. The minimum absolute atomic E-state index is 0.0321. The summed E-state index contributed by atoms with van der Waals surface area (Å²) in [6.07, 6.45) is 1.52. The fraction of sp³-hybridized carbons (Fsp3) is 0.0833. The first-order valence-electron chi connectivity index (χ1n) is 5.70. The number of rotatable bonds is 4. The van der Waals surface area contributed by atoms with Gasteiger partial charge in [0.2, 0.25) is 10.0 Å². The molecule has 0 spiro atoms. The molecule has 0 fully saturated rings.